The van der Waals surface area contributed by atoms with Gasteiger partial charge in [0.25, 0.3) is 0 Å². The van der Waals surface area contributed by atoms with Crippen LogP contribution in [0.3, 0.4) is 0 Å². The van der Waals surface area contributed by atoms with Crippen molar-refractivity contribution in [3.05, 3.63) is 11.8 Å². The molecule has 0 unspecified atom stereocenters. The van der Waals surface area contributed by atoms with E-state index in [2.05, 4.69) is 30.9 Å². The molecule has 3 nitrogen and oxygen atoms in total. The molecule has 0 atom stereocenters. The second kappa shape index (κ2) is 4.21. The smallest absolute Gasteiger partial charge is 0.157 e. The van der Waals surface area contributed by atoms with Gasteiger partial charge in [-0.1, -0.05) is 0 Å². The van der Waals surface area contributed by atoms with Crippen molar-refractivity contribution in [2.75, 3.05) is 27.7 Å². The Labute approximate surface area is 98.1 Å². The summed E-state index contributed by atoms with van der Waals surface area (Å²) in [4.78, 5) is 15.9. The van der Waals surface area contributed by atoms with Crippen LogP contribution in [0.15, 0.2) is 11.8 Å². The van der Waals surface area contributed by atoms with Crippen LogP contribution >= 0.6 is 0 Å². The molecular weight excluding hydrogens is 200 g/mol. The van der Waals surface area contributed by atoms with Crippen molar-refractivity contribution >= 4 is 5.78 Å². The maximum Gasteiger partial charge on any atom is 0.157 e. The van der Waals surface area contributed by atoms with Crippen LogP contribution in [-0.2, 0) is 4.79 Å². The van der Waals surface area contributed by atoms with Crippen LogP contribution in [0.1, 0.15) is 32.1 Å². The van der Waals surface area contributed by atoms with Gasteiger partial charge in [0.2, 0.25) is 0 Å². The molecule has 0 amide bonds. The number of likely N-dealkylation sites (N-methyl/N-ethyl adjacent to an activating group) is 2. The first-order chi connectivity index (χ1) is 7.53. The van der Waals surface area contributed by atoms with Crippen molar-refractivity contribution in [1.82, 2.24) is 9.80 Å². The number of rotatable bonds is 4. The Morgan fingerprint density at radius 3 is 2.31 bits per heavy atom. The van der Waals surface area contributed by atoms with E-state index in [0.29, 0.717) is 12.0 Å². The van der Waals surface area contributed by atoms with E-state index >= 15 is 0 Å². The largest absolute Gasteiger partial charge is 0.376 e. The van der Waals surface area contributed by atoms with E-state index in [1.54, 1.807) is 0 Å². The lowest BCUT2D eigenvalue weighted by molar-refractivity contribution is -0.114. The maximum absolute atomic E-state index is 11.2. The molecule has 0 aliphatic heterocycles. The Bertz CT molecular complexity index is 316. The Balaban J connectivity index is 1.98. The summed E-state index contributed by atoms with van der Waals surface area (Å²) in [6.07, 6.45) is 7.36. The molecule has 2 rings (SSSR count). The SMILES string of the molecule is CN(CC1(N(C)C)CCC1)C1=CC(=O)CC1. The van der Waals surface area contributed by atoms with E-state index in [0.717, 1.165) is 13.0 Å². The number of hydrogen-bond donors (Lipinski definition) is 0. The van der Waals surface area contributed by atoms with Crippen molar-refractivity contribution in [2.24, 2.45) is 0 Å². The van der Waals surface area contributed by atoms with Crippen LogP contribution in [0, 0.1) is 0 Å². The van der Waals surface area contributed by atoms with E-state index in [9.17, 15) is 4.79 Å². The maximum atomic E-state index is 11.2. The van der Waals surface area contributed by atoms with Crippen LogP contribution in [-0.4, -0.2) is 48.8 Å². The minimum absolute atomic E-state index is 0.286. The van der Waals surface area contributed by atoms with Crippen LogP contribution in [0.4, 0.5) is 0 Å². The number of carbonyl (C=O) groups is 1. The topological polar surface area (TPSA) is 23.6 Å². The third-order valence-electron chi connectivity index (χ3n) is 4.21. The summed E-state index contributed by atoms with van der Waals surface area (Å²) in [6, 6.07) is 0. The van der Waals surface area contributed by atoms with Gasteiger partial charge in [0.1, 0.15) is 0 Å². The molecule has 2 aliphatic rings. The molecule has 1 fully saturated rings. The molecule has 90 valence electrons. The van der Waals surface area contributed by atoms with E-state index in [1.165, 1.54) is 25.0 Å². The number of allylic oxidation sites excluding steroid dienone is 2. The zero-order valence-corrected chi connectivity index (χ0v) is 10.6. The fraction of sp³-hybridized carbons (Fsp3) is 0.769. The molecule has 2 aliphatic carbocycles. The summed E-state index contributed by atoms with van der Waals surface area (Å²) in [5, 5.41) is 0. The molecular formula is C13H22N2O. The van der Waals surface area contributed by atoms with Crippen LogP contribution in [0.2, 0.25) is 0 Å². The fourth-order valence-electron chi connectivity index (χ4n) is 2.76. The summed E-state index contributed by atoms with van der Waals surface area (Å²) >= 11 is 0. The molecule has 0 radical (unpaired) electrons. The van der Waals surface area contributed by atoms with Gasteiger partial charge in [-0.25, -0.2) is 0 Å². The standard InChI is InChI=1S/C13H22N2O/c1-14(2)13(7-4-8-13)10-15(3)11-5-6-12(16)9-11/h9H,4-8,10H2,1-3H3. The van der Waals surface area contributed by atoms with Gasteiger partial charge in [-0.15, -0.1) is 0 Å². The van der Waals surface area contributed by atoms with E-state index in [4.69, 9.17) is 0 Å². The van der Waals surface area contributed by atoms with Gasteiger partial charge in [-0.3, -0.25) is 4.79 Å². The molecule has 0 aromatic heterocycles. The number of hydrogen-bond acceptors (Lipinski definition) is 3. The molecule has 0 saturated heterocycles. The Hall–Kier alpha value is -0.830. The zero-order chi connectivity index (χ0) is 11.8. The molecule has 0 N–H and O–H groups in total. The van der Waals surface area contributed by atoms with E-state index in [-0.39, 0.29) is 5.78 Å². The molecule has 0 aromatic carbocycles. The second-order valence-electron chi connectivity index (χ2n) is 5.43. The van der Waals surface area contributed by atoms with Gasteiger partial charge < -0.3 is 9.80 Å². The van der Waals surface area contributed by atoms with Gasteiger partial charge in [0.05, 0.1) is 0 Å². The van der Waals surface area contributed by atoms with Crippen LogP contribution < -0.4 is 0 Å². The van der Waals surface area contributed by atoms with Crippen molar-refractivity contribution < 1.29 is 4.79 Å². The molecule has 0 heterocycles. The summed E-state index contributed by atoms with van der Waals surface area (Å²) in [6.45, 7) is 1.05. The third-order valence-corrected chi connectivity index (χ3v) is 4.21. The normalized spacial score (nSPS) is 23.2. The summed E-state index contributed by atoms with van der Waals surface area (Å²) < 4.78 is 0. The first kappa shape index (κ1) is 11.6. The van der Waals surface area contributed by atoms with Crippen molar-refractivity contribution in [2.45, 2.75) is 37.6 Å². The van der Waals surface area contributed by atoms with E-state index < -0.39 is 0 Å². The van der Waals surface area contributed by atoms with E-state index in [1.807, 2.05) is 6.08 Å². The molecule has 1 saturated carbocycles. The van der Waals surface area contributed by atoms with Gasteiger partial charge in [0.15, 0.2) is 5.78 Å². The lowest BCUT2D eigenvalue weighted by atomic mass is 9.75. The van der Waals surface area contributed by atoms with Gasteiger partial charge >= 0.3 is 0 Å². The Kier molecular flexibility index (Phi) is 3.06. The minimum atomic E-state index is 0.286. The highest BCUT2D eigenvalue weighted by Gasteiger charge is 2.40. The van der Waals surface area contributed by atoms with Crippen molar-refractivity contribution in [3.8, 4) is 0 Å². The monoisotopic (exact) mass is 222 g/mol. The molecule has 0 aromatic rings. The van der Waals surface area contributed by atoms with Gasteiger partial charge in [-0.05, 0) is 39.8 Å². The van der Waals surface area contributed by atoms with Crippen molar-refractivity contribution in [1.29, 1.82) is 0 Å². The molecule has 3 heteroatoms. The minimum Gasteiger partial charge on any atom is -0.376 e. The summed E-state index contributed by atoms with van der Waals surface area (Å²) in [7, 11) is 6.45. The summed E-state index contributed by atoms with van der Waals surface area (Å²) in [5.74, 6) is 0.286. The summed E-state index contributed by atoms with van der Waals surface area (Å²) in [5.41, 5.74) is 1.57. The van der Waals surface area contributed by atoms with Gasteiger partial charge in [-0.2, -0.15) is 0 Å². The average molecular weight is 222 g/mol. The van der Waals surface area contributed by atoms with Crippen LogP contribution in [0.25, 0.3) is 0 Å². The molecule has 16 heavy (non-hydrogen) atoms. The average Bonchev–Trinajstić information content (AvgIpc) is 2.57. The number of carbonyl (C=O) groups excluding carboxylic acids is 1. The highest BCUT2D eigenvalue weighted by molar-refractivity contribution is 5.92. The van der Waals surface area contributed by atoms with Crippen LogP contribution in [0.5, 0.6) is 0 Å². The Morgan fingerprint density at radius 1 is 1.25 bits per heavy atom. The highest BCUT2D eigenvalue weighted by atomic mass is 16.1. The molecule has 0 bridgehead atoms. The predicted octanol–water partition coefficient (Wildman–Crippen LogP) is 1.65. The fourth-order valence-corrected chi connectivity index (χ4v) is 2.76. The number of ketones is 1. The first-order valence-corrected chi connectivity index (χ1v) is 6.15. The second-order valence-corrected chi connectivity index (χ2v) is 5.43. The van der Waals surface area contributed by atoms with Crippen molar-refractivity contribution in [3.63, 3.8) is 0 Å². The Morgan fingerprint density at radius 2 is 1.94 bits per heavy atom. The predicted molar refractivity (Wildman–Crippen MR) is 65.2 cm³/mol. The molecule has 0 spiro atoms. The number of nitrogens with zero attached hydrogens (tertiary/aromatic N) is 2. The highest BCUT2D eigenvalue weighted by Crippen LogP contribution is 2.37. The lowest BCUT2D eigenvalue weighted by Gasteiger charge is -2.49. The first-order valence-electron chi connectivity index (χ1n) is 6.15. The zero-order valence-electron chi connectivity index (χ0n) is 10.6. The third kappa shape index (κ3) is 2.01. The van der Waals surface area contributed by atoms with Gasteiger partial charge in [0, 0.05) is 37.3 Å². The lowest BCUT2D eigenvalue weighted by Crippen LogP contribution is -2.56. The quantitative estimate of drug-likeness (QED) is 0.722.